The molecule has 1 aliphatic carbocycles. The van der Waals surface area contributed by atoms with Crippen LogP contribution in [0.3, 0.4) is 0 Å². The first kappa shape index (κ1) is 14.1. The molecular formula is C17H23N3O. The molecular weight excluding hydrogens is 262 g/mol. The van der Waals surface area contributed by atoms with Crippen LogP contribution in [0.15, 0.2) is 35.1 Å². The van der Waals surface area contributed by atoms with E-state index in [0.717, 1.165) is 17.4 Å². The summed E-state index contributed by atoms with van der Waals surface area (Å²) in [5, 5.41) is 11.4. The lowest BCUT2D eigenvalue weighted by Gasteiger charge is -2.35. The van der Waals surface area contributed by atoms with E-state index in [1.165, 1.54) is 37.8 Å². The van der Waals surface area contributed by atoms with E-state index in [-0.39, 0.29) is 0 Å². The van der Waals surface area contributed by atoms with Crippen LogP contribution in [0.2, 0.25) is 0 Å². The first-order chi connectivity index (χ1) is 10.2. The van der Waals surface area contributed by atoms with Gasteiger partial charge in [-0.25, -0.2) is 0 Å². The maximum absolute atomic E-state index is 5.22. The minimum absolute atomic E-state index is 0.569. The zero-order valence-corrected chi connectivity index (χ0v) is 12.7. The number of aromatic nitrogens is 2. The van der Waals surface area contributed by atoms with Gasteiger partial charge in [-0.3, -0.25) is 0 Å². The molecule has 0 bridgehead atoms. The lowest BCUT2D eigenvalue weighted by molar-refractivity contribution is 0.254. The Morgan fingerprint density at radius 3 is 2.57 bits per heavy atom. The summed E-state index contributed by atoms with van der Waals surface area (Å²) < 4.78 is 5.22. The lowest BCUT2D eigenvalue weighted by atomic mass is 9.78. The minimum atomic E-state index is 0.569. The highest BCUT2D eigenvalue weighted by Gasteiger charge is 2.27. The monoisotopic (exact) mass is 285 g/mol. The Morgan fingerprint density at radius 2 is 1.90 bits per heavy atom. The highest BCUT2D eigenvalue weighted by Crippen LogP contribution is 2.32. The topological polar surface area (TPSA) is 51.0 Å². The maximum Gasteiger partial charge on any atom is 0.247 e. The number of nitrogens with zero attached hydrogens (tertiary/aromatic N) is 2. The highest BCUT2D eigenvalue weighted by atomic mass is 16.4. The Hall–Kier alpha value is -1.84. The molecule has 1 fully saturated rings. The molecule has 2 atom stereocenters. The second-order valence-corrected chi connectivity index (χ2v) is 6.26. The molecule has 2 unspecified atom stereocenters. The summed E-state index contributed by atoms with van der Waals surface area (Å²) in [6, 6.07) is 8.86. The summed E-state index contributed by atoms with van der Waals surface area (Å²) in [5.74, 6) is 2.08. The fourth-order valence-electron chi connectivity index (χ4n) is 3.36. The zero-order valence-electron chi connectivity index (χ0n) is 12.7. The summed E-state index contributed by atoms with van der Waals surface area (Å²) in [6.45, 7) is 4.67. The quantitative estimate of drug-likeness (QED) is 0.906. The third-order valence-electron chi connectivity index (χ3n) is 4.52. The smallest absolute Gasteiger partial charge is 0.247 e. The van der Waals surface area contributed by atoms with Gasteiger partial charge < -0.3 is 9.73 Å². The summed E-state index contributed by atoms with van der Waals surface area (Å²) in [7, 11) is 0. The standard InChI is InChI=1S/C17H23N3O/c1-12(2)15-5-3-4-6-16(15)19-14-9-7-13(8-10-14)17-20-18-11-21-17/h7-12,15-16,19H,3-6H2,1-2H3. The van der Waals surface area contributed by atoms with E-state index in [4.69, 9.17) is 4.42 Å². The van der Waals surface area contributed by atoms with Crippen molar-refractivity contribution in [3.05, 3.63) is 30.7 Å². The fourth-order valence-corrected chi connectivity index (χ4v) is 3.36. The van der Waals surface area contributed by atoms with Crippen molar-refractivity contribution in [2.24, 2.45) is 11.8 Å². The van der Waals surface area contributed by atoms with Crippen molar-refractivity contribution in [3.63, 3.8) is 0 Å². The van der Waals surface area contributed by atoms with E-state index in [1.807, 2.05) is 12.1 Å². The third kappa shape index (κ3) is 3.26. The normalized spacial score (nSPS) is 22.4. The predicted molar refractivity (Wildman–Crippen MR) is 83.9 cm³/mol. The number of hydrogen-bond donors (Lipinski definition) is 1. The Labute approximate surface area is 126 Å². The molecule has 4 heteroatoms. The molecule has 0 saturated heterocycles. The van der Waals surface area contributed by atoms with Crippen molar-refractivity contribution >= 4 is 5.69 Å². The first-order valence-corrected chi connectivity index (χ1v) is 7.87. The van der Waals surface area contributed by atoms with Crippen molar-refractivity contribution in [2.45, 2.75) is 45.6 Å². The second-order valence-electron chi connectivity index (χ2n) is 6.26. The van der Waals surface area contributed by atoms with Crippen LogP contribution >= 0.6 is 0 Å². The van der Waals surface area contributed by atoms with Crippen molar-refractivity contribution in [1.82, 2.24) is 10.2 Å². The molecule has 2 aromatic rings. The molecule has 4 nitrogen and oxygen atoms in total. The first-order valence-electron chi connectivity index (χ1n) is 7.87. The van der Waals surface area contributed by atoms with Crippen molar-refractivity contribution in [3.8, 4) is 11.5 Å². The largest absolute Gasteiger partial charge is 0.423 e. The molecule has 0 spiro atoms. The molecule has 0 amide bonds. The Morgan fingerprint density at radius 1 is 1.14 bits per heavy atom. The SMILES string of the molecule is CC(C)C1CCCCC1Nc1ccc(-c2nnco2)cc1. The molecule has 0 radical (unpaired) electrons. The van der Waals surface area contributed by atoms with Crippen LogP contribution in [0, 0.1) is 11.8 Å². The fraction of sp³-hybridized carbons (Fsp3) is 0.529. The molecule has 112 valence electrons. The van der Waals surface area contributed by atoms with Crippen molar-refractivity contribution in [1.29, 1.82) is 0 Å². The number of benzene rings is 1. The summed E-state index contributed by atoms with van der Waals surface area (Å²) in [4.78, 5) is 0. The average molecular weight is 285 g/mol. The van der Waals surface area contributed by atoms with E-state index >= 15 is 0 Å². The molecule has 1 saturated carbocycles. The number of anilines is 1. The van der Waals surface area contributed by atoms with Crippen LogP contribution in [-0.4, -0.2) is 16.2 Å². The zero-order chi connectivity index (χ0) is 14.7. The van der Waals surface area contributed by atoms with Gasteiger partial charge >= 0.3 is 0 Å². The van der Waals surface area contributed by atoms with E-state index < -0.39 is 0 Å². The molecule has 1 heterocycles. The number of nitrogens with one attached hydrogen (secondary N) is 1. The van der Waals surface area contributed by atoms with Crippen LogP contribution in [0.5, 0.6) is 0 Å². The van der Waals surface area contributed by atoms with E-state index in [0.29, 0.717) is 11.9 Å². The van der Waals surface area contributed by atoms with Gasteiger partial charge in [0.25, 0.3) is 0 Å². The molecule has 3 rings (SSSR count). The van der Waals surface area contributed by atoms with Crippen LogP contribution < -0.4 is 5.32 Å². The van der Waals surface area contributed by atoms with Crippen LogP contribution in [0.25, 0.3) is 11.5 Å². The van der Waals surface area contributed by atoms with E-state index in [2.05, 4.69) is 41.5 Å². The van der Waals surface area contributed by atoms with Gasteiger partial charge in [0.05, 0.1) is 0 Å². The molecule has 1 aromatic carbocycles. The van der Waals surface area contributed by atoms with Gasteiger partial charge in [0.2, 0.25) is 12.3 Å². The van der Waals surface area contributed by atoms with E-state index in [9.17, 15) is 0 Å². The molecule has 1 aromatic heterocycles. The molecule has 1 N–H and O–H groups in total. The predicted octanol–water partition coefficient (Wildman–Crippen LogP) is 4.36. The summed E-state index contributed by atoms with van der Waals surface area (Å²) >= 11 is 0. The Bertz CT molecular complexity index is 548. The van der Waals surface area contributed by atoms with Gasteiger partial charge in [0, 0.05) is 17.3 Å². The third-order valence-corrected chi connectivity index (χ3v) is 4.52. The number of rotatable bonds is 4. The number of hydrogen-bond acceptors (Lipinski definition) is 4. The average Bonchev–Trinajstić information content (AvgIpc) is 3.03. The van der Waals surface area contributed by atoms with Crippen molar-refractivity contribution in [2.75, 3.05) is 5.32 Å². The van der Waals surface area contributed by atoms with Gasteiger partial charge in [-0.1, -0.05) is 26.7 Å². The summed E-state index contributed by atoms with van der Waals surface area (Å²) in [6.07, 6.45) is 6.68. The lowest BCUT2D eigenvalue weighted by Crippen LogP contribution is -2.35. The molecule has 0 aliphatic heterocycles. The second kappa shape index (κ2) is 6.29. The van der Waals surface area contributed by atoms with E-state index in [1.54, 1.807) is 0 Å². The van der Waals surface area contributed by atoms with Crippen LogP contribution in [0.4, 0.5) is 5.69 Å². The van der Waals surface area contributed by atoms with Gasteiger partial charge in [0.15, 0.2) is 0 Å². The van der Waals surface area contributed by atoms with Crippen molar-refractivity contribution < 1.29 is 4.42 Å². The highest BCUT2D eigenvalue weighted by molar-refractivity contribution is 5.58. The van der Waals surface area contributed by atoms with Gasteiger partial charge in [-0.05, 0) is 48.9 Å². The van der Waals surface area contributed by atoms with Gasteiger partial charge in [0.1, 0.15) is 0 Å². The van der Waals surface area contributed by atoms with Crippen LogP contribution in [-0.2, 0) is 0 Å². The van der Waals surface area contributed by atoms with Gasteiger partial charge in [-0.15, -0.1) is 10.2 Å². The Balaban J connectivity index is 1.69. The molecule has 1 aliphatic rings. The minimum Gasteiger partial charge on any atom is -0.423 e. The maximum atomic E-state index is 5.22. The Kier molecular flexibility index (Phi) is 4.23. The van der Waals surface area contributed by atoms with Crippen LogP contribution in [0.1, 0.15) is 39.5 Å². The molecule has 21 heavy (non-hydrogen) atoms. The summed E-state index contributed by atoms with van der Waals surface area (Å²) in [5.41, 5.74) is 2.14. The van der Waals surface area contributed by atoms with Gasteiger partial charge in [-0.2, -0.15) is 0 Å².